The van der Waals surface area contributed by atoms with E-state index < -0.39 is 15.8 Å². The van der Waals surface area contributed by atoms with Crippen molar-refractivity contribution in [2.24, 2.45) is 0 Å². The summed E-state index contributed by atoms with van der Waals surface area (Å²) < 4.78 is 40.4. The zero-order chi connectivity index (χ0) is 13.9. The van der Waals surface area contributed by atoms with E-state index in [1.165, 1.54) is 13.0 Å². The van der Waals surface area contributed by atoms with Gasteiger partial charge in [-0.25, -0.2) is 17.5 Å². The quantitative estimate of drug-likeness (QED) is 0.808. The first-order valence-corrected chi connectivity index (χ1v) is 7.38. The van der Waals surface area contributed by atoms with Crippen LogP contribution in [0.3, 0.4) is 0 Å². The number of anilines is 1. The van der Waals surface area contributed by atoms with Crippen molar-refractivity contribution in [2.75, 3.05) is 5.73 Å². The molecule has 4 nitrogen and oxygen atoms in total. The summed E-state index contributed by atoms with van der Waals surface area (Å²) in [6.07, 6.45) is 1.36. The number of hydrogen-bond acceptors (Lipinski definition) is 3. The minimum absolute atomic E-state index is 0.0858. The van der Waals surface area contributed by atoms with Gasteiger partial charge < -0.3 is 5.73 Å². The van der Waals surface area contributed by atoms with Gasteiger partial charge >= 0.3 is 0 Å². The lowest BCUT2D eigenvalue weighted by Crippen LogP contribution is -2.34. The highest BCUT2D eigenvalue weighted by molar-refractivity contribution is 7.89. The molecule has 6 heteroatoms. The van der Waals surface area contributed by atoms with Crippen LogP contribution in [0.2, 0.25) is 0 Å². The Morgan fingerprint density at radius 2 is 1.89 bits per heavy atom. The largest absolute Gasteiger partial charge is 0.399 e. The predicted octanol–water partition coefficient (Wildman–Crippen LogP) is 2.18. The Morgan fingerprint density at radius 1 is 1.33 bits per heavy atom. The van der Waals surface area contributed by atoms with Gasteiger partial charge in [0.1, 0.15) is 5.82 Å². The topological polar surface area (TPSA) is 72.2 Å². The Bertz CT molecular complexity index is 525. The van der Waals surface area contributed by atoms with E-state index >= 15 is 0 Å². The summed E-state index contributed by atoms with van der Waals surface area (Å²) in [5, 5.41) is 0. The number of sulfonamides is 1. The number of rotatable bonds is 5. The number of nitrogens with one attached hydrogen (secondary N) is 1. The molecule has 0 amide bonds. The van der Waals surface area contributed by atoms with E-state index in [0.717, 1.165) is 6.07 Å². The first-order valence-electron chi connectivity index (χ1n) is 5.89. The van der Waals surface area contributed by atoms with E-state index in [-0.39, 0.29) is 22.2 Å². The van der Waals surface area contributed by atoms with Crippen molar-refractivity contribution < 1.29 is 12.8 Å². The fraction of sp³-hybridized carbons (Fsp3) is 0.500. The molecule has 1 rings (SSSR count). The Balaban J connectivity index is 3.20. The fourth-order valence-corrected chi connectivity index (χ4v) is 3.38. The molecule has 0 saturated heterocycles. The van der Waals surface area contributed by atoms with Gasteiger partial charge in [-0.1, -0.05) is 13.8 Å². The zero-order valence-corrected chi connectivity index (χ0v) is 11.6. The molecule has 18 heavy (non-hydrogen) atoms. The van der Waals surface area contributed by atoms with Gasteiger partial charge in [-0.3, -0.25) is 0 Å². The molecule has 1 aromatic rings. The van der Waals surface area contributed by atoms with Crippen LogP contribution in [0, 0.1) is 12.7 Å². The standard InChI is InChI=1S/C12H19FN2O2S/c1-4-10(5-2)15-18(16,17)12-7-9(14)6-11(13)8(12)3/h6-7,10,15H,4-5,14H2,1-3H3. The maximum atomic E-state index is 13.5. The molecule has 3 N–H and O–H groups in total. The van der Waals surface area contributed by atoms with E-state index in [1.807, 2.05) is 13.8 Å². The molecule has 0 aromatic heterocycles. The second-order valence-corrected chi connectivity index (χ2v) is 5.94. The SMILES string of the molecule is CCC(CC)NS(=O)(=O)c1cc(N)cc(F)c1C. The lowest BCUT2D eigenvalue weighted by Gasteiger charge is -2.16. The van der Waals surface area contributed by atoms with Crippen LogP contribution in [0.15, 0.2) is 17.0 Å². The molecule has 0 atom stereocenters. The minimum atomic E-state index is -3.73. The second-order valence-electron chi connectivity index (χ2n) is 4.26. The second kappa shape index (κ2) is 5.67. The molecule has 0 aliphatic rings. The van der Waals surface area contributed by atoms with Crippen molar-refractivity contribution in [2.45, 2.75) is 44.6 Å². The van der Waals surface area contributed by atoms with Gasteiger partial charge in [0.2, 0.25) is 10.0 Å². The summed E-state index contributed by atoms with van der Waals surface area (Å²) in [7, 11) is -3.73. The highest BCUT2D eigenvalue weighted by Gasteiger charge is 2.22. The van der Waals surface area contributed by atoms with Crippen LogP contribution in [0.25, 0.3) is 0 Å². The van der Waals surface area contributed by atoms with Crippen LogP contribution in [0.1, 0.15) is 32.3 Å². The van der Waals surface area contributed by atoms with E-state index in [0.29, 0.717) is 12.8 Å². The fourth-order valence-electron chi connectivity index (χ4n) is 1.69. The lowest BCUT2D eigenvalue weighted by molar-refractivity contribution is 0.528. The maximum Gasteiger partial charge on any atom is 0.241 e. The smallest absolute Gasteiger partial charge is 0.241 e. The van der Waals surface area contributed by atoms with Crippen molar-refractivity contribution in [3.05, 3.63) is 23.5 Å². The zero-order valence-electron chi connectivity index (χ0n) is 10.8. The summed E-state index contributed by atoms with van der Waals surface area (Å²) in [4.78, 5) is -0.0908. The number of benzene rings is 1. The van der Waals surface area contributed by atoms with Crippen LogP contribution >= 0.6 is 0 Å². The molecule has 102 valence electrons. The van der Waals surface area contributed by atoms with Crippen LogP contribution < -0.4 is 10.5 Å². The van der Waals surface area contributed by atoms with Gasteiger partial charge in [0.25, 0.3) is 0 Å². The van der Waals surface area contributed by atoms with Crippen LogP contribution in [-0.4, -0.2) is 14.5 Å². The summed E-state index contributed by atoms with van der Waals surface area (Å²) in [6, 6.07) is 2.24. The van der Waals surface area contributed by atoms with E-state index in [9.17, 15) is 12.8 Å². The van der Waals surface area contributed by atoms with Gasteiger partial charge in [0.05, 0.1) is 4.90 Å². The average molecular weight is 274 g/mol. The van der Waals surface area contributed by atoms with Crippen molar-refractivity contribution in [3.8, 4) is 0 Å². The van der Waals surface area contributed by atoms with Gasteiger partial charge in [-0.2, -0.15) is 0 Å². The van der Waals surface area contributed by atoms with Crippen LogP contribution in [0.4, 0.5) is 10.1 Å². The third kappa shape index (κ3) is 3.20. The normalized spacial score (nSPS) is 12.1. The van der Waals surface area contributed by atoms with Crippen LogP contribution in [0.5, 0.6) is 0 Å². The molecular weight excluding hydrogens is 255 g/mol. The van der Waals surface area contributed by atoms with Crippen LogP contribution in [-0.2, 0) is 10.0 Å². The third-order valence-corrected chi connectivity index (χ3v) is 4.56. The number of nitrogen functional groups attached to an aromatic ring is 1. The Labute approximate surface area is 107 Å². The summed E-state index contributed by atoms with van der Waals surface area (Å²) in [5.41, 5.74) is 5.67. The van der Waals surface area contributed by atoms with Crippen molar-refractivity contribution in [1.29, 1.82) is 0 Å². The molecule has 0 heterocycles. The molecular formula is C12H19FN2O2S. The van der Waals surface area contributed by atoms with Gasteiger partial charge in [0.15, 0.2) is 0 Å². The lowest BCUT2D eigenvalue weighted by atomic mass is 10.2. The van der Waals surface area contributed by atoms with Gasteiger partial charge in [-0.15, -0.1) is 0 Å². The number of halogens is 1. The number of hydrogen-bond donors (Lipinski definition) is 2. The maximum absolute atomic E-state index is 13.5. The van der Waals surface area contributed by atoms with Crippen molar-refractivity contribution in [3.63, 3.8) is 0 Å². The molecule has 1 aromatic carbocycles. The van der Waals surface area contributed by atoms with E-state index in [4.69, 9.17) is 5.73 Å². The summed E-state index contributed by atoms with van der Waals surface area (Å²) in [6.45, 7) is 5.21. The first-order chi connectivity index (χ1) is 8.31. The summed E-state index contributed by atoms with van der Waals surface area (Å²) >= 11 is 0. The summed E-state index contributed by atoms with van der Waals surface area (Å²) in [5.74, 6) is -0.611. The van der Waals surface area contributed by atoms with Crippen molar-refractivity contribution >= 4 is 15.7 Å². The molecule has 0 spiro atoms. The van der Waals surface area contributed by atoms with Gasteiger partial charge in [0, 0.05) is 17.3 Å². The molecule has 0 aliphatic heterocycles. The number of nitrogens with two attached hydrogens (primary N) is 1. The Kier molecular flexibility index (Phi) is 4.70. The van der Waals surface area contributed by atoms with Crippen molar-refractivity contribution in [1.82, 2.24) is 4.72 Å². The third-order valence-electron chi connectivity index (χ3n) is 2.92. The predicted molar refractivity (Wildman–Crippen MR) is 70.2 cm³/mol. The monoisotopic (exact) mass is 274 g/mol. The average Bonchev–Trinajstić information content (AvgIpc) is 2.30. The molecule has 0 unspecified atom stereocenters. The Hall–Kier alpha value is -1.14. The molecule has 0 radical (unpaired) electrons. The van der Waals surface area contributed by atoms with E-state index in [1.54, 1.807) is 0 Å². The Morgan fingerprint density at radius 3 is 2.39 bits per heavy atom. The van der Waals surface area contributed by atoms with E-state index in [2.05, 4.69) is 4.72 Å². The molecule has 0 fully saturated rings. The highest BCUT2D eigenvalue weighted by Crippen LogP contribution is 2.22. The first kappa shape index (κ1) is 14.9. The molecule has 0 saturated carbocycles. The molecule has 0 bridgehead atoms. The molecule has 0 aliphatic carbocycles. The minimum Gasteiger partial charge on any atom is -0.399 e. The highest BCUT2D eigenvalue weighted by atomic mass is 32.2. The van der Waals surface area contributed by atoms with Gasteiger partial charge in [-0.05, 0) is 31.9 Å².